The maximum atomic E-state index is 11.0. The van der Waals surface area contributed by atoms with E-state index in [1.54, 1.807) is 6.20 Å². The second-order valence-corrected chi connectivity index (χ2v) is 5.25. The molecule has 0 amide bonds. The summed E-state index contributed by atoms with van der Waals surface area (Å²) >= 11 is 1.08. The van der Waals surface area contributed by atoms with Crippen molar-refractivity contribution in [3.63, 3.8) is 0 Å². The van der Waals surface area contributed by atoms with E-state index in [0.717, 1.165) is 16.9 Å². The van der Waals surface area contributed by atoms with Crippen molar-refractivity contribution in [2.75, 3.05) is 0 Å². The molecule has 20 heavy (non-hydrogen) atoms. The van der Waals surface area contributed by atoms with E-state index < -0.39 is 5.97 Å². The highest BCUT2D eigenvalue weighted by atomic mass is 32.1. The number of hydrogen-bond acceptors (Lipinski definition) is 5. The fraction of sp³-hybridized carbons (Fsp3) is 0.0714. The molecule has 0 spiro atoms. The third kappa shape index (κ3) is 2.33. The third-order valence-electron chi connectivity index (χ3n) is 2.70. The molecule has 0 saturated heterocycles. The van der Waals surface area contributed by atoms with Gasteiger partial charge < -0.3 is 9.84 Å². The van der Waals surface area contributed by atoms with Crippen molar-refractivity contribution < 1.29 is 14.6 Å². The first-order chi connectivity index (χ1) is 9.63. The lowest BCUT2D eigenvalue weighted by Crippen LogP contribution is -1.94. The average Bonchev–Trinajstić information content (AvgIpc) is 2.87. The molecule has 100 valence electrons. The van der Waals surface area contributed by atoms with Crippen LogP contribution in [0.15, 0.2) is 36.7 Å². The molecular formula is C14H10N2O3S. The van der Waals surface area contributed by atoms with Crippen molar-refractivity contribution in [2.45, 2.75) is 6.92 Å². The molecule has 0 fully saturated rings. The number of nitrogens with zero attached hydrogens (tertiary/aromatic N) is 2. The van der Waals surface area contributed by atoms with Gasteiger partial charge in [-0.15, -0.1) is 11.3 Å². The zero-order valence-corrected chi connectivity index (χ0v) is 11.3. The SMILES string of the molecule is Cc1ccc(Oc2cncc3sc(C(=O)O)nc23)cc1. The van der Waals surface area contributed by atoms with Crippen LogP contribution in [0.25, 0.3) is 10.2 Å². The lowest BCUT2D eigenvalue weighted by molar-refractivity contribution is 0.0696. The van der Waals surface area contributed by atoms with Gasteiger partial charge in [-0.25, -0.2) is 9.78 Å². The molecular weight excluding hydrogens is 276 g/mol. The molecule has 0 atom stereocenters. The van der Waals surface area contributed by atoms with Gasteiger partial charge in [-0.1, -0.05) is 17.7 Å². The number of aromatic carboxylic acids is 1. The van der Waals surface area contributed by atoms with Gasteiger partial charge in [0, 0.05) is 6.20 Å². The zero-order valence-electron chi connectivity index (χ0n) is 10.5. The number of thiazole rings is 1. The van der Waals surface area contributed by atoms with Gasteiger partial charge in [0.2, 0.25) is 5.01 Å². The van der Waals surface area contributed by atoms with Crippen LogP contribution in [-0.4, -0.2) is 21.0 Å². The molecule has 0 saturated carbocycles. The molecule has 2 heterocycles. The first kappa shape index (κ1) is 12.6. The van der Waals surface area contributed by atoms with Gasteiger partial charge in [0.1, 0.15) is 11.3 Å². The summed E-state index contributed by atoms with van der Waals surface area (Å²) in [6, 6.07) is 7.57. The molecule has 2 aromatic heterocycles. The Bertz CT molecular complexity index is 781. The van der Waals surface area contributed by atoms with Gasteiger partial charge >= 0.3 is 5.97 Å². The summed E-state index contributed by atoms with van der Waals surface area (Å²) in [5.41, 5.74) is 1.65. The van der Waals surface area contributed by atoms with Crippen LogP contribution in [0, 0.1) is 6.92 Å². The fourth-order valence-electron chi connectivity index (χ4n) is 1.73. The van der Waals surface area contributed by atoms with E-state index in [4.69, 9.17) is 9.84 Å². The number of carboxylic acids is 1. The summed E-state index contributed by atoms with van der Waals surface area (Å²) in [5, 5.41) is 9.01. The Labute approximate surface area is 118 Å². The number of carbonyl (C=O) groups is 1. The van der Waals surface area contributed by atoms with Crippen LogP contribution in [0.5, 0.6) is 11.5 Å². The summed E-state index contributed by atoms with van der Waals surface area (Å²) in [6.45, 7) is 1.99. The Morgan fingerprint density at radius 1 is 1.25 bits per heavy atom. The van der Waals surface area contributed by atoms with Crippen LogP contribution in [0.1, 0.15) is 15.4 Å². The summed E-state index contributed by atoms with van der Waals surface area (Å²) in [6.07, 6.45) is 3.12. The molecule has 1 aromatic carbocycles. The monoisotopic (exact) mass is 286 g/mol. The minimum atomic E-state index is -1.05. The number of benzene rings is 1. The van der Waals surface area contributed by atoms with E-state index in [-0.39, 0.29) is 5.01 Å². The van der Waals surface area contributed by atoms with E-state index in [2.05, 4.69) is 9.97 Å². The highest BCUT2D eigenvalue weighted by Crippen LogP contribution is 2.31. The van der Waals surface area contributed by atoms with Crippen LogP contribution in [0.2, 0.25) is 0 Å². The van der Waals surface area contributed by atoms with Crippen LogP contribution >= 0.6 is 11.3 Å². The molecule has 0 bridgehead atoms. The largest absolute Gasteiger partial charge is 0.476 e. The number of rotatable bonds is 3. The second-order valence-electron chi connectivity index (χ2n) is 4.22. The molecule has 3 aromatic rings. The topological polar surface area (TPSA) is 72.3 Å². The van der Waals surface area contributed by atoms with Gasteiger partial charge in [-0.3, -0.25) is 4.98 Å². The molecule has 6 heteroatoms. The normalized spacial score (nSPS) is 10.7. The van der Waals surface area contributed by atoms with E-state index in [9.17, 15) is 4.79 Å². The molecule has 3 rings (SSSR count). The second kappa shape index (κ2) is 4.90. The summed E-state index contributed by atoms with van der Waals surface area (Å²) in [7, 11) is 0. The Morgan fingerprint density at radius 2 is 2.00 bits per heavy atom. The first-order valence-corrected chi connectivity index (χ1v) is 6.67. The highest BCUT2D eigenvalue weighted by Gasteiger charge is 2.14. The van der Waals surface area contributed by atoms with Gasteiger partial charge in [-0.05, 0) is 19.1 Å². The first-order valence-electron chi connectivity index (χ1n) is 5.86. The summed E-state index contributed by atoms with van der Waals surface area (Å²) < 4.78 is 6.42. The Kier molecular flexibility index (Phi) is 3.08. The van der Waals surface area contributed by atoms with E-state index in [1.165, 1.54) is 6.20 Å². The predicted octanol–water partition coefficient (Wildman–Crippen LogP) is 3.49. The standard InChI is InChI=1S/C14H10N2O3S/c1-8-2-4-9(5-3-8)19-10-6-15-7-11-12(10)16-13(20-11)14(17)18/h2-7H,1H3,(H,17,18). The predicted molar refractivity (Wildman–Crippen MR) is 75.6 cm³/mol. The lowest BCUT2D eigenvalue weighted by Gasteiger charge is -2.05. The minimum Gasteiger partial charge on any atom is -0.476 e. The van der Waals surface area contributed by atoms with Crippen LogP contribution in [0.4, 0.5) is 0 Å². The molecule has 0 aliphatic heterocycles. The van der Waals surface area contributed by atoms with Crippen molar-refractivity contribution in [1.82, 2.24) is 9.97 Å². The Balaban J connectivity index is 2.02. The number of carboxylic acid groups (broad SMARTS) is 1. The van der Waals surface area contributed by atoms with Crippen LogP contribution in [0.3, 0.4) is 0 Å². The van der Waals surface area contributed by atoms with Crippen molar-refractivity contribution in [3.8, 4) is 11.5 Å². The van der Waals surface area contributed by atoms with Crippen molar-refractivity contribution >= 4 is 27.5 Å². The number of fused-ring (bicyclic) bond motifs is 1. The van der Waals surface area contributed by atoms with Crippen molar-refractivity contribution in [2.24, 2.45) is 0 Å². The summed E-state index contributed by atoms with van der Waals surface area (Å²) in [4.78, 5) is 19.1. The third-order valence-corrected chi connectivity index (χ3v) is 3.68. The van der Waals surface area contributed by atoms with Gasteiger partial charge in [-0.2, -0.15) is 0 Å². The number of pyridine rings is 1. The zero-order chi connectivity index (χ0) is 14.1. The average molecular weight is 286 g/mol. The summed E-state index contributed by atoms with van der Waals surface area (Å²) in [5.74, 6) is 0.0670. The smallest absolute Gasteiger partial charge is 0.365 e. The number of aryl methyl sites for hydroxylation is 1. The molecule has 0 aliphatic carbocycles. The molecule has 1 N–H and O–H groups in total. The van der Waals surface area contributed by atoms with E-state index >= 15 is 0 Å². The van der Waals surface area contributed by atoms with E-state index in [1.807, 2.05) is 31.2 Å². The fourth-order valence-corrected chi connectivity index (χ4v) is 2.52. The minimum absolute atomic E-state index is 0.0294. The Hall–Kier alpha value is -2.47. The van der Waals surface area contributed by atoms with E-state index in [0.29, 0.717) is 21.7 Å². The molecule has 5 nitrogen and oxygen atoms in total. The van der Waals surface area contributed by atoms with Crippen LogP contribution < -0.4 is 4.74 Å². The number of ether oxygens (including phenoxy) is 1. The number of hydrogen-bond donors (Lipinski definition) is 1. The highest BCUT2D eigenvalue weighted by molar-refractivity contribution is 7.20. The quantitative estimate of drug-likeness (QED) is 0.798. The van der Waals surface area contributed by atoms with Gasteiger partial charge in [0.25, 0.3) is 0 Å². The molecule has 0 aliphatic rings. The Morgan fingerprint density at radius 3 is 2.70 bits per heavy atom. The number of aromatic nitrogens is 2. The van der Waals surface area contributed by atoms with Crippen LogP contribution in [-0.2, 0) is 0 Å². The van der Waals surface area contributed by atoms with Gasteiger partial charge in [0.15, 0.2) is 5.75 Å². The maximum Gasteiger partial charge on any atom is 0.365 e. The van der Waals surface area contributed by atoms with Gasteiger partial charge in [0.05, 0.1) is 10.9 Å². The molecule has 0 radical (unpaired) electrons. The van der Waals surface area contributed by atoms with Crippen molar-refractivity contribution in [3.05, 3.63) is 47.2 Å². The molecule has 0 unspecified atom stereocenters. The van der Waals surface area contributed by atoms with Crippen molar-refractivity contribution in [1.29, 1.82) is 0 Å². The maximum absolute atomic E-state index is 11.0. The lowest BCUT2D eigenvalue weighted by atomic mass is 10.2.